The fourth-order valence-corrected chi connectivity index (χ4v) is 3.09. The molecule has 1 aliphatic heterocycles. The maximum Gasteiger partial charge on any atom is 0.327 e. The number of hydrogen-bond acceptors (Lipinski definition) is 3. The van der Waals surface area contributed by atoms with Crippen LogP contribution in [0.15, 0.2) is 0 Å². The second-order valence-corrected chi connectivity index (χ2v) is 5.67. The summed E-state index contributed by atoms with van der Waals surface area (Å²) in [6, 6.07) is -0.499. The van der Waals surface area contributed by atoms with Gasteiger partial charge in [0.05, 0.1) is 5.37 Å². The number of thioether (sulfide) groups is 1. The molecule has 6 heteroatoms. The average Bonchev–Trinajstić information content (AvgIpc) is 2.99. The number of hydrogen-bond donors (Lipinski definition) is 1. The lowest BCUT2D eigenvalue weighted by Crippen LogP contribution is -2.50. The maximum absolute atomic E-state index is 12.1. The third-order valence-corrected chi connectivity index (χ3v) is 4.34. The number of carbonyl (C=O) groups excluding carboxylic acids is 1. The van der Waals surface area contributed by atoms with Gasteiger partial charge in [-0.1, -0.05) is 0 Å². The first-order valence-corrected chi connectivity index (χ1v) is 6.46. The van der Waals surface area contributed by atoms with E-state index in [2.05, 4.69) is 0 Å². The lowest BCUT2D eigenvalue weighted by Gasteiger charge is -2.30. The van der Waals surface area contributed by atoms with Crippen LogP contribution < -0.4 is 0 Å². The number of carboxylic acids is 1. The highest BCUT2D eigenvalue weighted by atomic mass is 32.2. The first-order valence-electron chi connectivity index (χ1n) is 5.42. The van der Waals surface area contributed by atoms with Crippen LogP contribution in [0.5, 0.6) is 0 Å². The predicted octanol–water partition coefficient (Wildman–Crippen LogP) is 1.05. The van der Waals surface area contributed by atoms with E-state index in [4.69, 9.17) is 5.11 Å². The molecule has 0 radical (unpaired) electrons. The number of urea groups is 1. The van der Waals surface area contributed by atoms with Gasteiger partial charge in [-0.25, -0.2) is 9.59 Å². The molecule has 1 heterocycles. The zero-order chi connectivity index (χ0) is 11.9. The summed E-state index contributed by atoms with van der Waals surface area (Å²) in [7, 11) is 1.76. The first kappa shape index (κ1) is 11.6. The Labute approximate surface area is 98.8 Å². The molecule has 0 aromatic carbocycles. The summed E-state index contributed by atoms with van der Waals surface area (Å²) in [5.74, 6) is -0.421. The van der Waals surface area contributed by atoms with E-state index in [9.17, 15) is 9.59 Å². The molecule has 1 saturated heterocycles. The van der Waals surface area contributed by atoms with E-state index in [1.165, 1.54) is 16.7 Å². The molecule has 1 saturated carbocycles. The Morgan fingerprint density at radius 2 is 2.06 bits per heavy atom. The molecular formula is C10H16N2O3S. The Kier molecular flexibility index (Phi) is 3.01. The molecule has 2 unspecified atom stereocenters. The Balaban J connectivity index is 2.09. The van der Waals surface area contributed by atoms with Crippen LogP contribution in [0.25, 0.3) is 0 Å². The first-order chi connectivity index (χ1) is 7.52. The topological polar surface area (TPSA) is 60.9 Å². The molecule has 2 fully saturated rings. The molecule has 0 aromatic heterocycles. The minimum absolute atomic E-state index is 0.0465. The summed E-state index contributed by atoms with van der Waals surface area (Å²) < 4.78 is 0. The smallest absolute Gasteiger partial charge is 0.327 e. The second kappa shape index (κ2) is 4.16. The van der Waals surface area contributed by atoms with E-state index in [1.807, 2.05) is 6.92 Å². The summed E-state index contributed by atoms with van der Waals surface area (Å²) >= 11 is 1.52. The number of carbonyl (C=O) groups is 2. The van der Waals surface area contributed by atoms with Crippen molar-refractivity contribution in [2.24, 2.45) is 0 Å². The molecular weight excluding hydrogens is 228 g/mol. The van der Waals surface area contributed by atoms with Crippen molar-refractivity contribution in [3.63, 3.8) is 0 Å². The second-order valence-electron chi connectivity index (χ2n) is 4.32. The number of nitrogens with zero attached hydrogens (tertiary/aromatic N) is 2. The summed E-state index contributed by atoms with van der Waals surface area (Å²) in [6.07, 6.45) is 2.07. The van der Waals surface area contributed by atoms with Gasteiger partial charge in [0.2, 0.25) is 0 Å². The van der Waals surface area contributed by atoms with Crippen LogP contribution in [0.2, 0.25) is 0 Å². The van der Waals surface area contributed by atoms with Crippen LogP contribution in [0.3, 0.4) is 0 Å². The third-order valence-electron chi connectivity index (χ3n) is 3.13. The van der Waals surface area contributed by atoms with Crippen LogP contribution in [-0.2, 0) is 4.79 Å². The van der Waals surface area contributed by atoms with E-state index in [0.29, 0.717) is 11.8 Å². The van der Waals surface area contributed by atoms with Gasteiger partial charge < -0.3 is 10.0 Å². The van der Waals surface area contributed by atoms with Crippen molar-refractivity contribution >= 4 is 23.8 Å². The monoisotopic (exact) mass is 244 g/mol. The molecule has 1 aliphatic carbocycles. The van der Waals surface area contributed by atoms with E-state index >= 15 is 0 Å². The van der Waals surface area contributed by atoms with Crippen LogP contribution in [0.4, 0.5) is 4.79 Å². The molecule has 2 atom stereocenters. The number of carboxylic acid groups (broad SMARTS) is 1. The van der Waals surface area contributed by atoms with Gasteiger partial charge >= 0.3 is 12.0 Å². The lowest BCUT2D eigenvalue weighted by atomic mass is 10.3. The van der Waals surface area contributed by atoms with Gasteiger partial charge in [-0.2, -0.15) is 0 Å². The van der Waals surface area contributed by atoms with Gasteiger partial charge in [0.25, 0.3) is 0 Å². The summed E-state index contributed by atoms with van der Waals surface area (Å²) in [5.41, 5.74) is 0. The van der Waals surface area contributed by atoms with Gasteiger partial charge in [0.1, 0.15) is 6.04 Å². The average molecular weight is 244 g/mol. The Hall–Kier alpha value is -0.910. The molecule has 0 bridgehead atoms. The molecule has 5 nitrogen and oxygen atoms in total. The van der Waals surface area contributed by atoms with Crippen molar-refractivity contribution in [2.75, 3.05) is 12.8 Å². The normalized spacial score (nSPS) is 29.2. The fraction of sp³-hybridized carbons (Fsp3) is 0.800. The van der Waals surface area contributed by atoms with Crippen molar-refractivity contribution in [2.45, 2.75) is 37.2 Å². The molecule has 2 amide bonds. The van der Waals surface area contributed by atoms with Gasteiger partial charge in [0, 0.05) is 18.8 Å². The van der Waals surface area contributed by atoms with Crippen LogP contribution in [0.1, 0.15) is 19.8 Å². The largest absolute Gasteiger partial charge is 0.480 e. The Morgan fingerprint density at radius 1 is 1.44 bits per heavy atom. The SMILES string of the molecule is CC1SCC(C(=O)O)N1C(=O)N(C)C1CC1. The zero-order valence-electron chi connectivity index (χ0n) is 9.42. The predicted molar refractivity (Wildman–Crippen MR) is 61.4 cm³/mol. The Bertz CT molecular complexity index is 319. The van der Waals surface area contributed by atoms with E-state index in [0.717, 1.165) is 12.8 Å². The highest BCUT2D eigenvalue weighted by Crippen LogP contribution is 2.32. The van der Waals surface area contributed by atoms with Gasteiger partial charge in [-0.05, 0) is 19.8 Å². The van der Waals surface area contributed by atoms with Crippen molar-refractivity contribution in [1.29, 1.82) is 0 Å². The highest BCUT2D eigenvalue weighted by Gasteiger charge is 2.43. The molecule has 0 spiro atoms. The molecule has 16 heavy (non-hydrogen) atoms. The highest BCUT2D eigenvalue weighted by molar-refractivity contribution is 8.00. The van der Waals surface area contributed by atoms with E-state index < -0.39 is 12.0 Å². The molecule has 2 rings (SSSR count). The summed E-state index contributed by atoms with van der Waals surface area (Å²) in [4.78, 5) is 26.3. The minimum atomic E-state index is -0.908. The zero-order valence-corrected chi connectivity index (χ0v) is 10.2. The quantitative estimate of drug-likeness (QED) is 0.788. The van der Waals surface area contributed by atoms with Gasteiger partial charge in [0.15, 0.2) is 0 Å². The van der Waals surface area contributed by atoms with Gasteiger partial charge in [-0.3, -0.25) is 4.90 Å². The maximum atomic E-state index is 12.1. The molecule has 90 valence electrons. The van der Waals surface area contributed by atoms with Crippen molar-refractivity contribution in [3.05, 3.63) is 0 Å². The summed E-state index contributed by atoms with van der Waals surface area (Å²) in [5, 5.41) is 9.01. The van der Waals surface area contributed by atoms with Gasteiger partial charge in [-0.15, -0.1) is 11.8 Å². The van der Waals surface area contributed by atoms with E-state index in [1.54, 1.807) is 11.9 Å². The molecule has 2 aliphatic rings. The molecule has 0 aromatic rings. The third kappa shape index (κ3) is 1.98. The van der Waals surface area contributed by atoms with Crippen molar-refractivity contribution in [3.8, 4) is 0 Å². The minimum Gasteiger partial charge on any atom is -0.480 e. The van der Waals surface area contributed by atoms with Crippen LogP contribution in [-0.4, -0.2) is 57.2 Å². The van der Waals surface area contributed by atoms with E-state index in [-0.39, 0.29) is 11.4 Å². The lowest BCUT2D eigenvalue weighted by molar-refractivity contribution is -0.141. The fourth-order valence-electron chi connectivity index (χ4n) is 1.92. The van der Waals surface area contributed by atoms with Crippen LogP contribution in [0, 0.1) is 0 Å². The molecule has 1 N–H and O–H groups in total. The van der Waals surface area contributed by atoms with Crippen molar-refractivity contribution in [1.82, 2.24) is 9.80 Å². The standard InChI is InChI=1S/C10H16N2O3S/c1-6-12(8(5-16-6)9(13)14)10(15)11(2)7-3-4-7/h6-8H,3-5H2,1-2H3,(H,13,14). The van der Waals surface area contributed by atoms with Crippen LogP contribution >= 0.6 is 11.8 Å². The number of aliphatic carboxylic acids is 1. The Morgan fingerprint density at radius 3 is 2.56 bits per heavy atom. The number of rotatable bonds is 2. The number of amides is 2. The van der Waals surface area contributed by atoms with Crippen molar-refractivity contribution < 1.29 is 14.7 Å². The summed E-state index contributed by atoms with van der Waals surface area (Å²) in [6.45, 7) is 1.88.